The van der Waals surface area contributed by atoms with E-state index in [9.17, 15) is 4.79 Å². The van der Waals surface area contributed by atoms with Crippen molar-refractivity contribution in [2.75, 3.05) is 7.11 Å². The summed E-state index contributed by atoms with van der Waals surface area (Å²) in [6, 6.07) is 9.20. The second-order valence-electron chi connectivity index (χ2n) is 3.48. The normalized spacial score (nSPS) is 28.3. The average molecular weight is 227 g/mol. The number of ether oxygens (including phenoxy) is 2. The van der Waals surface area contributed by atoms with Crippen LogP contribution in [0.4, 0.5) is 0 Å². The zero-order valence-electron chi connectivity index (χ0n) is 8.27. The summed E-state index contributed by atoms with van der Waals surface area (Å²) in [7, 11) is 1.35. The van der Waals surface area contributed by atoms with Crippen molar-refractivity contribution in [3.05, 3.63) is 30.3 Å². The number of hydrogen-bond donors (Lipinski definition) is 0. The summed E-state index contributed by atoms with van der Waals surface area (Å²) >= 11 is 6.10. The maximum atomic E-state index is 11.2. The fourth-order valence-electron chi connectivity index (χ4n) is 1.42. The van der Waals surface area contributed by atoms with Crippen LogP contribution < -0.4 is 4.74 Å². The third kappa shape index (κ3) is 2.07. The zero-order chi connectivity index (χ0) is 10.9. The van der Waals surface area contributed by atoms with E-state index in [-0.39, 0.29) is 11.9 Å². The third-order valence-electron chi connectivity index (χ3n) is 2.36. The first-order valence-electron chi connectivity index (χ1n) is 4.66. The summed E-state index contributed by atoms with van der Waals surface area (Å²) in [5.41, 5.74) is 0. The Kier molecular flexibility index (Phi) is 2.57. The van der Waals surface area contributed by atoms with E-state index in [4.69, 9.17) is 16.3 Å². The molecule has 0 heterocycles. The Balaban J connectivity index is 2.00. The average Bonchev–Trinajstić information content (AvgIpc) is 2.90. The quantitative estimate of drug-likeness (QED) is 0.586. The number of para-hydroxylation sites is 1. The summed E-state index contributed by atoms with van der Waals surface area (Å²) in [6.45, 7) is 0. The highest BCUT2D eigenvalue weighted by molar-refractivity contribution is 6.27. The first kappa shape index (κ1) is 10.3. The molecule has 0 saturated heterocycles. The van der Waals surface area contributed by atoms with Gasteiger partial charge in [0.2, 0.25) is 0 Å². The molecule has 80 valence electrons. The van der Waals surface area contributed by atoms with Crippen molar-refractivity contribution in [2.24, 2.45) is 5.92 Å². The Bertz CT molecular complexity index is 365. The van der Waals surface area contributed by atoms with Crippen molar-refractivity contribution in [3.63, 3.8) is 0 Å². The third-order valence-corrected chi connectivity index (χ3v) is 2.85. The highest BCUT2D eigenvalue weighted by Gasteiger charge is 2.61. The number of methoxy groups -OCH3 is 1. The van der Waals surface area contributed by atoms with Gasteiger partial charge in [-0.2, -0.15) is 0 Å². The molecule has 0 aromatic heterocycles. The molecule has 0 spiro atoms. The Morgan fingerprint density at radius 1 is 1.47 bits per heavy atom. The van der Waals surface area contributed by atoms with Crippen molar-refractivity contribution in [1.82, 2.24) is 0 Å². The van der Waals surface area contributed by atoms with Gasteiger partial charge in [-0.1, -0.05) is 29.8 Å². The monoisotopic (exact) mass is 226 g/mol. The summed E-state index contributed by atoms with van der Waals surface area (Å²) in [6.07, 6.45) is 0.496. The van der Waals surface area contributed by atoms with Crippen LogP contribution >= 0.6 is 11.6 Å². The number of halogens is 1. The molecule has 15 heavy (non-hydrogen) atoms. The van der Waals surface area contributed by atoms with Gasteiger partial charge in [0.05, 0.1) is 7.11 Å². The molecule has 4 heteroatoms. The van der Waals surface area contributed by atoms with Crippen molar-refractivity contribution >= 4 is 17.6 Å². The highest BCUT2D eigenvalue weighted by Crippen LogP contribution is 2.51. The van der Waals surface area contributed by atoms with Crippen LogP contribution in [-0.4, -0.2) is 18.1 Å². The molecule has 1 fully saturated rings. The van der Waals surface area contributed by atoms with Gasteiger partial charge in [0.15, 0.2) is 5.06 Å². The number of carbonyl (C=O) groups excluding carboxylic acids is 1. The van der Waals surface area contributed by atoms with Crippen molar-refractivity contribution in [1.29, 1.82) is 0 Å². The van der Waals surface area contributed by atoms with Crippen LogP contribution in [0.1, 0.15) is 6.42 Å². The Labute approximate surface area is 92.9 Å². The van der Waals surface area contributed by atoms with Crippen LogP contribution in [-0.2, 0) is 9.53 Å². The van der Waals surface area contributed by atoms with Crippen molar-refractivity contribution < 1.29 is 14.3 Å². The summed E-state index contributed by atoms with van der Waals surface area (Å²) in [5, 5.41) is -0.908. The van der Waals surface area contributed by atoms with Gasteiger partial charge in [0.25, 0.3) is 0 Å². The molecule has 2 atom stereocenters. The molecule has 0 amide bonds. The first-order chi connectivity index (χ1) is 7.15. The highest BCUT2D eigenvalue weighted by atomic mass is 35.5. The minimum atomic E-state index is -0.908. The number of esters is 1. The van der Waals surface area contributed by atoms with Crippen molar-refractivity contribution in [2.45, 2.75) is 11.5 Å². The van der Waals surface area contributed by atoms with E-state index in [2.05, 4.69) is 4.74 Å². The maximum absolute atomic E-state index is 11.2. The SMILES string of the molecule is COC(=O)C1CC1(Cl)Oc1ccccc1. The molecule has 0 N–H and O–H groups in total. The Morgan fingerprint density at radius 3 is 2.73 bits per heavy atom. The van der Waals surface area contributed by atoms with E-state index < -0.39 is 5.06 Å². The molecule has 1 saturated carbocycles. The number of benzene rings is 1. The van der Waals surface area contributed by atoms with Crippen LogP contribution in [0.25, 0.3) is 0 Å². The lowest BCUT2D eigenvalue weighted by atomic mass is 10.3. The van der Waals surface area contributed by atoms with Crippen LogP contribution in [0.3, 0.4) is 0 Å². The maximum Gasteiger partial charge on any atom is 0.314 e. The zero-order valence-corrected chi connectivity index (χ0v) is 9.03. The first-order valence-corrected chi connectivity index (χ1v) is 5.04. The Morgan fingerprint density at radius 2 is 2.13 bits per heavy atom. The van der Waals surface area contributed by atoms with E-state index in [1.807, 2.05) is 18.2 Å². The van der Waals surface area contributed by atoms with Gasteiger partial charge in [0, 0.05) is 6.42 Å². The van der Waals surface area contributed by atoms with E-state index >= 15 is 0 Å². The lowest BCUT2D eigenvalue weighted by Gasteiger charge is -2.11. The second-order valence-corrected chi connectivity index (χ2v) is 4.12. The predicted octanol–water partition coefficient (Wildman–Crippen LogP) is 2.19. The van der Waals surface area contributed by atoms with E-state index in [0.29, 0.717) is 12.2 Å². The van der Waals surface area contributed by atoms with E-state index in [1.165, 1.54) is 7.11 Å². The fourth-order valence-corrected chi connectivity index (χ4v) is 1.75. The number of hydrogen-bond acceptors (Lipinski definition) is 3. The van der Waals surface area contributed by atoms with E-state index in [0.717, 1.165) is 0 Å². The topological polar surface area (TPSA) is 35.5 Å². The number of rotatable bonds is 3. The molecule has 2 unspecified atom stereocenters. The molecule has 0 bridgehead atoms. The molecule has 1 aliphatic rings. The molecule has 0 aliphatic heterocycles. The molecule has 1 aromatic rings. The minimum absolute atomic E-state index is 0.319. The molecule has 1 aliphatic carbocycles. The van der Waals surface area contributed by atoms with Gasteiger partial charge in [-0.05, 0) is 12.1 Å². The smallest absolute Gasteiger partial charge is 0.314 e. The largest absolute Gasteiger partial charge is 0.471 e. The van der Waals surface area contributed by atoms with Gasteiger partial charge in [-0.15, -0.1) is 0 Å². The molecule has 3 nitrogen and oxygen atoms in total. The van der Waals surface area contributed by atoms with Gasteiger partial charge in [0.1, 0.15) is 11.7 Å². The summed E-state index contributed by atoms with van der Waals surface area (Å²) in [4.78, 5) is 11.2. The second kappa shape index (κ2) is 3.74. The molecule has 2 rings (SSSR count). The van der Waals surface area contributed by atoms with Crippen LogP contribution in [0.2, 0.25) is 0 Å². The standard InChI is InChI=1S/C11H11ClO3/c1-14-10(13)9-7-11(9,12)15-8-5-3-2-4-6-8/h2-6,9H,7H2,1H3. The fraction of sp³-hybridized carbons (Fsp3) is 0.364. The van der Waals surface area contributed by atoms with Crippen LogP contribution in [0.15, 0.2) is 30.3 Å². The van der Waals surface area contributed by atoms with Gasteiger partial charge >= 0.3 is 5.97 Å². The van der Waals surface area contributed by atoms with Gasteiger partial charge < -0.3 is 9.47 Å². The van der Waals surface area contributed by atoms with Crippen LogP contribution in [0.5, 0.6) is 5.75 Å². The molecular weight excluding hydrogens is 216 g/mol. The predicted molar refractivity (Wildman–Crippen MR) is 55.8 cm³/mol. The summed E-state index contributed by atoms with van der Waals surface area (Å²) in [5.74, 6) is -0.00999. The lowest BCUT2D eigenvalue weighted by molar-refractivity contribution is -0.143. The summed E-state index contributed by atoms with van der Waals surface area (Å²) < 4.78 is 10.1. The number of alkyl halides is 1. The number of carbonyl (C=O) groups is 1. The van der Waals surface area contributed by atoms with Gasteiger partial charge in [-0.3, -0.25) is 4.79 Å². The van der Waals surface area contributed by atoms with Crippen molar-refractivity contribution in [3.8, 4) is 5.75 Å². The molecule has 0 radical (unpaired) electrons. The minimum Gasteiger partial charge on any atom is -0.471 e. The van der Waals surface area contributed by atoms with Crippen LogP contribution in [0, 0.1) is 5.92 Å². The molecular formula is C11H11ClO3. The van der Waals surface area contributed by atoms with Gasteiger partial charge in [-0.25, -0.2) is 0 Å². The van der Waals surface area contributed by atoms with E-state index in [1.54, 1.807) is 12.1 Å². The Hall–Kier alpha value is -1.22. The molecule has 1 aromatic carbocycles. The lowest BCUT2D eigenvalue weighted by Crippen LogP contribution is -2.18.